The van der Waals surface area contributed by atoms with E-state index in [1.807, 2.05) is 44.2 Å². The molecule has 0 aromatic heterocycles. The van der Waals surface area contributed by atoms with E-state index in [1.54, 1.807) is 51.1 Å². The number of allylic oxidation sites excluding steroid dienone is 2. The first-order chi connectivity index (χ1) is 46.5. The molecule has 1 spiro atoms. The lowest BCUT2D eigenvalue weighted by Crippen LogP contribution is -2.55. The van der Waals surface area contributed by atoms with Crippen molar-refractivity contribution in [3.63, 3.8) is 0 Å². The number of nitrogens with one attached hydrogen (secondary N) is 6. The molecule has 0 saturated carbocycles. The number of aliphatic hydroxyl groups is 1. The Labute approximate surface area is 567 Å². The summed E-state index contributed by atoms with van der Waals surface area (Å²) < 4.78 is 35.0. The molecule has 4 saturated heterocycles. The van der Waals surface area contributed by atoms with Crippen LogP contribution in [0, 0.1) is 11.8 Å². The Morgan fingerprint density at radius 3 is 2.14 bits per heavy atom. The van der Waals surface area contributed by atoms with Crippen LogP contribution >= 0.6 is 0 Å². The largest absolute Gasteiger partial charge is 0.459 e. The van der Waals surface area contributed by atoms with Crippen molar-refractivity contribution in [2.75, 3.05) is 44.7 Å². The second-order valence-corrected chi connectivity index (χ2v) is 26.3. The van der Waals surface area contributed by atoms with Crippen LogP contribution in [0.4, 0.5) is 20.1 Å². The van der Waals surface area contributed by atoms with Crippen molar-refractivity contribution >= 4 is 59.4 Å². The summed E-state index contributed by atoms with van der Waals surface area (Å²) in [6.45, 7) is 13.9. The third-order valence-electron chi connectivity index (χ3n) is 18.3. The first-order valence-corrected chi connectivity index (χ1v) is 34.0. The van der Waals surface area contributed by atoms with Crippen molar-refractivity contribution in [3.8, 4) is 11.1 Å². The minimum absolute atomic E-state index is 0.0524. The number of nitrogens with two attached hydrogens (primary N) is 1. The Morgan fingerprint density at radius 2 is 1.47 bits per heavy atom. The molecule has 25 heteroatoms. The van der Waals surface area contributed by atoms with Gasteiger partial charge in [-0.05, 0) is 130 Å². The SMILES string of the molecule is CC(=O)O[C@@H](C)/C=C\C(=O)N[C@@H]1C[C@H](C)[C@H](C/C=C(C)/C=C/[C@H]2O[C@H](CC(=O)N3CCCCN3C(=O)OCc3ccc(NC(=O)[C@H](CCCNC(N)=O)NC(=O)[C@@H](NC(=O)CCCCCNC(=O)OCC4c5ccccc5-c5ccccc54)C(C)C)cc3)C[C@@]3(CO3)[C@@H]2O)O[C@@H]1C. The number of urea groups is 1. The quantitative estimate of drug-likeness (QED) is 0.00793. The zero-order valence-corrected chi connectivity index (χ0v) is 56.7. The molecule has 0 bridgehead atoms. The Hall–Kier alpha value is -8.65. The minimum atomic E-state index is -1.08. The molecule has 9 amide bonds. The van der Waals surface area contributed by atoms with Gasteiger partial charge in [-0.2, -0.15) is 0 Å². The number of anilines is 1. The van der Waals surface area contributed by atoms with Crippen LogP contribution in [-0.4, -0.2) is 169 Å². The van der Waals surface area contributed by atoms with E-state index in [0.29, 0.717) is 69.3 Å². The number of hydrogen-bond acceptors (Lipinski definition) is 16. The van der Waals surface area contributed by atoms with E-state index in [0.717, 1.165) is 27.8 Å². The third kappa shape index (κ3) is 21.7. The first kappa shape index (κ1) is 74.1. The number of carbonyl (C=O) groups excluding carboxylic acids is 9. The van der Waals surface area contributed by atoms with Gasteiger partial charge >= 0.3 is 24.2 Å². The molecule has 5 aliphatic rings. The summed E-state index contributed by atoms with van der Waals surface area (Å²) in [7, 11) is 0. The number of amides is 9. The van der Waals surface area contributed by atoms with Crippen molar-refractivity contribution in [3.05, 3.63) is 125 Å². The van der Waals surface area contributed by atoms with E-state index in [2.05, 4.69) is 69.2 Å². The Morgan fingerprint density at radius 1 is 0.794 bits per heavy atom. The summed E-state index contributed by atoms with van der Waals surface area (Å²) in [6, 6.07) is 19.8. The van der Waals surface area contributed by atoms with Crippen LogP contribution in [0.15, 0.2) is 109 Å². The van der Waals surface area contributed by atoms with E-state index >= 15 is 0 Å². The average molecular weight is 1340 g/mol. The zero-order valence-electron chi connectivity index (χ0n) is 56.7. The number of esters is 1. The third-order valence-corrected chi connectivity index (χ3v) is 18.3. The molecule has 3 aromatic rings. The summed E-state index contributed by atoms with van der Waals surface area (Å²) in [5, 5.41) is 30.8. The molecule has 0 radical (unpaired) electrons. The minimum Gasteiger partial charge on any atom is -0.459 e. The molecule has 4 aliphatic heterocycles. The fourth-order valence-electron chi connectivity index (χ4n) is 12.8. The highest BCUT2D eigenvalue weighted by Crippen LogP contribution is 2.45. The summed E-state index contributed by atoms with van der Waals surface area (Å²) >= 11 is 0. The number of carbonyl (C=O) groups is 9. The van der Waals surface area contributed by atoms with Crippen molar-refractivity contribution < 1.29 is 76.7 Å². The summed E-state index contributed by atoms with van der Waals surface area (Å²) in [5.74, 6) is -2.81. The Kier molecular flexibility index (Phi) is 27.2. The topological polar surface area (TPSA) is 337 Å². The van der Waals surface area contributed by atoms with Gasteiger partial charge in [-0.1, -0.05) is 112 Å². The number of unbranched alkanes of at least 4 members (excludes halogenated alkanes) is 2. The lowest BCUT2D eigenvalue weighted by molar-refractivity contribution is -0.163. The summed E-state index contributed by atoms with van der Waals surface area (Å²) in [4.78, 5) is 117. The van der Waals surface area contributed by atoms with Gasteiger partial charge in [0.2, 0.25) is 29.5 Å². The van der Waals surface area contributed by atoms with E-state index in [4.69, 9.17) is 34.2 Å². The maximum absolute atomic E-state index is 14.1. The molecule has 25 nitrogen and oxygen atoms in total. The molecular weight excluding hydrogens is 1250 g/mol. The monoisotopic (exact) mass is 1340 g/mol. The molecule has 9 N–H and O–H groups in total. The van der Waals surface area contributed by atoms with Gasteiger partial charge in [-0.3, -0.25) is 28.8 Å². The number of fused-ring (bicyclic) bond motifs is 3. The Bertz CT molecular complexity index is 3290. The lowest BCUT2D eigenvalue weighted by atomic mass is 9.87. The summed E-state index contributed by atoms with van der Waals surface area (Å²) in [5.41, 5.74) is 10.8. The molecule has 97 heavy (non-hydrogen) atoms. The number of aliphatic hydroxyl groups excluding tert-OH is 1. The highest BCUT2D eigenvalue weighted by molar-refractivity contribution is 5.98. The van der Waals surface area contributed by atoms with Gasteiger partial charge in [-0.25, -0.2) is 24.4 Å². The van der Waals surface area contributed by atoms with E-state index < -0.39 is 78.1 Å². The fourth-order valence-corrected chi connectivity index (χ4v) is 12.8. The van der Waals surface area contributed by atoms with Gasteiger partial charge in [0.05, 0.1) is 37.4 Å². The molecule has 4 heterocycles. The maximum Gasteiger partial charge on any atom is 0.429 e. The van der Waals surface area contributed by atoms with Gasteiger partial charge in [-0.15, -0.1) is 0 Å². The van der Waals surface area contributed by atoms with Crippen molar-refractivity contribution in [1.82, 2.24) is 36.6 Å². The van der Waals surface area contributed by atoms with Crippen molar-refractivity contribution in [2.24, 2.45) is 17.6 Å². The zero-order chi connectivity index (χ0) is 69.8. The van der Waals surface area contributed by atoms with Gasteiger partial charge in [0, 0.05) is 63.6 Å². The van der Waals surface area contributed by atoms with Gasteiger partial charge in [0.15, 0.2) is 0 Å². The number of benzene rings is 3. The van der Waals surface area contributed by atoms with Crippen LogP contribution < -0.4 is 37.6 Å². The molecule has 526 valence electrons. The Balaban J connectivity index is 0.758. The molecule has 0 unspecified atom stereocenters. The number of nitrogens with zero attached hydrogens (tertiary/aromatic N) is 2. The van der Waals surface area contributed by atoms with Crippen molar-refractivity contribution in [1.29, 1.82) is 0 Å². The molecule has 8 rings (SSSR count). The van der Waals surface area contributed by atoms with Gasteiger partial charge < -0.3 is 71.2 Å². The van der Waals surface area contributed by atoms with E-state index in [-0.39, 0.29) is 119 Å². The van der Waals surface area contributed by atoms with E-state index in [9.17, 15) is 48.3 Å². The van der Waals surface area contributed by atoms with Crippen LogP contribution in [0.2, 0.25) is 0 Å². The van der Waals surface area contributed by atoms with Gasteiger partial charge in [0.1, 0.15) is 49.2 Å². The molecular formula is C72H97N9O16. The predicted octanol–water partition coefficient (Wildman–Crippen LogP) is 7.65. The number of epoxide rings is 1. The van der Waals surface area contributed by atoms with Crippen LogP contribution in [0.1, 0.15) is 148 Å². The first-order valence-electron chi connectivity index (χ1n) is 34.0. The smallest absolute Gasteiger partial charge is 0.429 e. The summed E-state index contributed by atoms with van der Waals surface area (Å²) in [6.07, 6.45) is 9.21. The van der Waals surface area contributed by atoms with Crippen LogP contribution in [0.3, 0.4) is 0 Å². The van der Waals surface area contributed by atoms with Gasteiger partial charge in [0.25, 0.3) is 0 Å². The predicted molar refractivity (Wildman–Crippen MR) is 360 cm³/mol. The highest BCUT2D eigenvalue weighted by Gasteiger charge is 2.58. The molecule has 11 atom stereocenters. The average Bonchev–Trinajstić information content (AvgIpc) is 1.61. The number of alkyl carbamates (subject to hydrolysis) is 1. The maximum atomic E-state index is 14.1. The second kappa shape index (κ2) is 35.6. The fraction of sp³-hybridized carbons (Fsp3) is 0.542. The molecule has 3 aromatic carbocycles. The number of ether oxygens (including phenoxy) is 6. The lowest BCUT2D eigenvalue weighted by Gasteiger charge is -2.40. The van der Waals surface area contributed by atoms with Crippen molar-refractivity contribution in [2.45, 2.75) is 198 Å². The van der Waals surface area contributed by atoms with Crippen LogP contribution in [-0.2, 0) is 63.8 Å². The van der Waals surface area contributed by atoms with E-state index in [1.165, 1.54) is 29.1 Å². The molecule has 1 aliphatic carbocycles. The number of primary amides is 1. The van der Waals surface area contributed by atoms with Crippen LogP contribution in [0.25, 0.3) is 11.1 Å². The highest BCUT2D eigenvalue weighted by atomic mass is 16.6. The standard InChI is InChI=1S/C72H97N9O16/c1-44(2)65(79-62(83)23-9-8-14-34-75-70(90)92-42-57-55-20-12-10-18-53(55)54-19-11-13-21-56(54)57)68(88)78-58(22-17-35-74-69(73)89)67(87)76-51-29-27-50(28-30-51)41-93-71(91)81-37-16-15-36-80(81)64(85)39-52-40-72(43-94-72)66(86)61(97-52)32-25-45(3)24-31-60-46(4)38-59(48(6)96-60)77-63(84)33-26-47(5)95-49(7)82/h10-13,18-21,24-30,32-33,44,46-48,52,57-61,65-66,86H,8-9,14-17,22-23,31,34-43H2,1-7H3,(H,75,90)(H,76,87)(H,77,84)(H,78,88)(H,79,83)(H3,73,74,89)/b32-25+,33-26-,45-24+/t46-,47-,48+,52+,58-,59+,60-,61+,65-,66+,72+/m0/s1. The molecule has 4 fully saturated rings. The number of rotatable bonds is 30. The number of hydrogen-bond donors (Lipinski definition) is 8. The van der Waals surface area contributed by atoms with Crippen LogP contribution in [0.5, 0.6) is 0 Å². The second-order valence-electron chi connectivity index (χ2n) is 26.3. The number of hydrazine groups is 1. The normalized spacial score (nSPS) is 23.1.